The lowest BCUT2D eigenvalue weighted by Crippen LogP contribution is -2.35. The predicted molar refractivity (Wildman–Crippen MR) is 90.4 cm³/mol. The van der Waals surface area contributed by atoms with Crippen molar-refractivity contribution in [3.63, 3.8) is 0 Å². The molecule has 0 aromatic carbocycles. The zero-order valence-electron chi connectivity index (χ0n) is 12.8. The molecule has 1 aliphatic heterocycles. The molecule has 3 nitrogen and oxygen atoms in total. The summed E-state index contributed by atoms with van der Waals surface area (Å²) in [7, 11) is 0. The lowest BCUT2D eigenvalue weighted by molar-refractivity contribution is 0.423. The Hall–Kier alpha value is -0.260. The van der Waals surface area contributed by atoms with Crippen LogP contribution in [0.5, 0.6) is 0 Å². The Morgan fingerprint density at radius 2 is 1.85 bits per heavy atom. The first-order chi connectivity index (χ1) is 9.49. The monoisotopic (exact) mass is 311 g/mol. The quantitative estimate of drug-likeness (QED) is 0.918. The first-order valence-corrected chi connectivity index (χ1v) is 9.38. The van der Waals surface area contributed by atoms with Gasteiger partial charge in [-0.1, -0.05) is 6.92 Å². The van der Waals surface area contributed by atoms with Crippen molar-refractivity contribution in [2.45, 2.75) is 56.7 Å². The van der Waals surface area contributed by atoms with Crippen molar-refractivity contribution in [2.75, 3.05) is 11.5 Å². The summed E-state index contributed by atoms with van der Waals surface area (Å²) < 4.78 is 0. The zero-order chi connectivity index (χ0) is 14.6. The van der Waals surface area contributed by atoms with Crippen molar-refractivity contribution in [3.05, 3.63) is 23.8 Å². The Morgan fingerprint density at radius 1 is 1.20 bits per heavy atom. The van der Waals surface area contributed by atoms with E-state index < -0.39 is 0 Å². The van der Waals surface area contributed by atoms with Gasteiger partial charge in [-0.2, -0.15) is 11.8 Å². The topological polar surface area (TPSA) is 37.8 Å². The average Bonchev–Trinajstić information content (AvgIpc) is 2.45. The van der Waals surface area contributed by atoms with E-state index in [1.807, 2.05) is 24.2 Å². The molecule has 0 spiro atoms. The molecule has 20 heavy (non-hydrogen) atoms. The average molecular weight is 312 g/mol. The highest BCUT2D eigenvalue weighted by Gasteiger charge is 2.28. The molecule has 5 heteroatoms. The Bertz CT molecular complexity index is 414. The summed E-state index contributed by atoms with van der Waals surface area (Å²) in [5, 5.41) is 4.59. The van der Waals surface area contributed by atoms with Gasteiger partial charge in [0.2, 0.25) is 0 Å². The maximum absolute atomic E-state index is 4.62. The fourth-order valence-corrected chi connectivity index (χ4v) is 5.12. The Kier molecular flexibility index (Phi) is 5.75. The van der Waals surface area contributed by atoms with Gasteiger partial charge in [-0.25, -0.2) is 9.97 Å². The van der Waals surface area contributed by atoms with Crippen molar-refractivity contribution < 1.29 is 0 Å². The van der Waals surface area contributed by atoms with E-state index in [1.54, 1.807) is 0 Å². The summed E-state index contributed by atoms with van der Waals surface area (Å²) in [6.07, 6.45) is 5.15. The number of nitrogens with one attached hydrogen (secondary N) is 1. The number of aromatic nitrogens is 2. The third-order valence-electron chi connectivity index (χ3n) is 3.26. The molecular formula is C15H25N3S2. The second kappa shape index (κ2) is 7.14. The van der Waals surface area contributed by atoms with E-state index in [1.165, 1.54) is 17.9 Å². The summed E-state index contributed by atoms with van der Waals surface area (Å²) >= 11 is 4.08. The first kappa shape index (κ1) is 16.1. The molecule has 0 bridgehead atoms. The summed E-state index contributed by atoms with van der Waals surface area (Å²) in [5.41, 5.74) is 1.28. The Morgan fingerprint density at radius 3 is 2.45 bits per heavy atom. The lowest BCUT2D eigenvalue weighted by atomic mass is 10.1. The molecule has 0 aliphatic carbocycles. The molecule has 1 saturated heterocycles. The molecule has 2 rings (SSSR count). The highest BCUT2D eigenvalue weighted by Crippen LogP contribution is 2.42. The molecule has 0 amide bonds. The fraction of sp³-hybridized carbons (Fsp3) is 0.733. The van der Waals surface area contributed by atoms with Crippen LogP contribution < -0.4 is 5.32 Å². The number of hydrogen-bond donors (Lipinski definition) is 1. The predicted octanol–water partition coefficient (Wildman–Crippen LogP) is 3.66. The summed E-state index contributed by atoms with van der Waals surface area (Å²) in [6, 6.07) is 0. The largest absolute Gasteiger partial charge is 0.308 e. The number of hydrogen-bond acceptors (Lipinski definition) is 5. The van der Waals surface area contributed by atoms with Gasteiger partial charge in [0, 0.05) is 46.8 Å². The van der Waals surface area contributed by atoms with E-state index in [0.29, 0.717) is 10.5 Å². The molecule has 2 unspecified atom stereocenters. The van der Waals surface area contributed by atoms with Gasteiger partial charge in [0.15, 0.2) is 0 Å². The van der Waals surface area contributed by atoms with Crippen LogP contribution in [0.15, 0.2) is 12.4 Å². The van der Waals surface area contributed by atoms with E-state index in [-0.39, 0.29) is 5.54 Å². The summed E-state index contributed by atoms with van der Waals surface area (Å²) in [6.45, 7) is 9.60. The van der Waals surface area contributed by atoms with Gasteiger partial charge in [-0.15, -0.1) is 11.8 Å². The lowest BCUT2D eigenvalue weighted by Gasteiger charge is -2.28. The number of nitrogens with zero attached hydrogens (tertiary/aromatic N) is 2. The third-order valence-corrected chi connectivity index (χ3v) is 6.50. The van der Waals surface area contributed by atoms with E-state index in [0.717, 1.165) is 17.9 Å². The van der Waals surface area contributed by atoms with Crippen LogP contribution in [0, 0.1) is 0 Å². The van der Waals surface area contributed by atoms with Crippen molar-refractivity contribution >= 4 is 23.5 Å². The molecule has 1 N–H and O–H groups in total. The highest BCUT2D eigenvalue weighted by atomic mass is 32.2. The minimum atomic E-state index is 0.127. The molecule has 112 valence electrons. The summed E-state index contributed by atoms with van der Waals surface area (Å²) in [5.74, 6) is 3.48. The van der Waals surface area contributed by atoms with E-state index in [4.69, 9.17) is 0 Å². The molecule has 0 saturated carbocycles. The Balaban J connectivity index is 2.00. The van der Waals surface area contributed by atoms with E-state index in [2.05, 4.69) is 54.7 Å². The Labute approximate surface area is 131 Å². The first-order valence-electron chi connectivity index (χ1n) is 7.28. The van der Waals surface area contributed by atoms with Crippen LogP contribution >= 0.6 is 23.5 Å². The maximum Gasteiger partial charge on any atom is 0.142 e. The van der Waals surface area contributed by atoms with Crippen LogP contribution in [-0.2, 0) is 6.54 Å². The second-order valence-corrected chi connectivity index (χ2v) is 8.76. The van der Waals surface area contributed by atoms with E-state index >= 15 is 0 Å². The van der Waals surface area contributed by atoms with Crippen LogP contribution in [0.3, 0.4) is 0 Å². The van der Waals surface area contributed by atoms with Crippen LogP contribution in [0.1, 0.15) is 50.8 Å². The molecular weight excluding hydrogens is 286 g/mol. The van der Waals surface area contributed by atoms with Crippen LogP contribution in [-0.4, -0.2) is 32.3 Å². The van der Waals surface area contributed by atoms with Crippen LogP contribution in [0.2, 0.25) is 0 Å². The molecule has 0 radical (unpaired) electrons. The smallest absolute Gasteiger partial charge is 0.142 e. The van der Waals surface area contributed by atoms with Gasteiger partial charge in [-0.05, 0) is 27.2 Å². The van der Waals surface area contributed by atoms with Gasteiger partial charge in [0.05, 0.1) is 5.25 Å². The molecule has 1 aromatic heterocycles. The third kappa shape index (κ3) is 4.64. The summed E-state index contributed by atoms with van der Waals surface area (Å²) in [4.78, 5) is 9.23. The molecule has 1 aliphatic rings. The van der Waals surface area contributed by atoms with Crippen molar-refractivity contribution in [3.8, 4) is 0 Å². The molecule has 1 aromatic rings. The minimum absolute atomic E-state index is 0.127. The van der Waals surface area contributed by atoms with Crippen molar-refractivity contribution in [1.82, 2.24) is 15.3 Å². The minimum Gasteiger partial charge on any atom is -0.308 e. The SMILES string of the molecule is CCC1SCCSC1c1ncc(CNC(C)(C)C)cn1. The van der Waals surface area contributed by atoms with Gasteiger partial charge in [-0.3, -0.25) is 0 Å². The molecule has 1 fully saturated rings. The van der Waals surface area contributed by atoms with Gasteiger partial charge in [0.1, 0.15) is 5.82 Å². The van der Waals surface area contributed by atoms with Gasteiger partial charge in [0.25, 0.3) is 0 Å². The zero-order valence-corrected chi connectivity index (χ0v) is 14.5. The van der Waals surface area contributed by atoms with E-state index in [9.17, 15) is 0 Å². The number of thioether (sulfide) groups is 2. The van der Waals surface area contributed by atoms with Crippen molar-refractivity contribution in [1.29, 1.82) is 0 Å². The second-order valence-electron chi connectivity index (χ2n) is 6.16. The van der Waals surface area contributed by atoms with Crippen molar-refractivity contribution in [2.24, 2.45) is 0 Å². The maximum atomic E-state index is 4.62. The molecule has 2 heterocycles. The van der Waals surface area contributed by atoms with Gasteiger partial charge >= 0.3 is 0 Å². The normalized spacial score (nSPS) is 23.8. The highest BCUT2D eigenvalue weighted by molar-refractivity contribution is 8.06. The van der Waals surface area contributed by atoms with Gasteiger partial charge < -0.3 is 5.32 Å². The fourth-order valence-electron chi connectivity index (χ4n) is 2.11. The van der Waals surface area contributed by atoms with Crippen LogP contribution in [0.25, 0.3) is 0 Å². The number of rotatable bonds is 4. The standard InChI is InChI=1S/C15H25N3S2/c1-5-12-13(20-7-6-19-12)14-16-8-11(9-17-14)10-18-15(2,3)4/h8-9,12-13,18H,5-7,10H2,1-4H3. The molecule has 2 atom stereocenters. The van der Waals surface area contributed by atoms with Crippen LogP contribution in [0.4, 0.5) is 0 Å².